The number of rotatable bonds is 4. The molecule has 0 aliphatic heterocycles. The molecule has 128 valence electrons. The van der Waals surface area contributed by atoms with Crippen LogP contribution in [0.2, 0.25) is 0 Å². The molecular weight excluding hydrogens is 383 g/mol. The second-order valence-corrected chi connectivity index (χ2v) is 7.42. The minimum absolute atomic E-state index is 0.0180. The summed E-state index contributed by atoms with van der Waals surface area (Å²) in [6.45, 7) is 0.580. The summed E-state index contributed by atoms with van der Waals surface area (Å²) in [4.78, 5) is 12.1. The van der Waals surface area contributed by atoms with Gasteiger partial charge in [0.05, 0.1) is 12.2 Å². The fourth-order valence-corrected chi connectivity index (χ4v) is 4.16. The number of hydrogen-bond donors (Lipinski definition) is 1. The molecule has 1 aromatic heterocycles. The van der Waals surface area contributed by atoms with Gasteiger partial charge in [-0.15, -0.1) is 0 Å². The van der Waals surface area contributed by atoms with Crippen molar-refractivity contribution in [3.63, 3.8) is 0 Å². The zero-order valence-electron chi connectivity index (χ0n) is 13.6. The van der Waals surface area contributed by atoms with Crippen LogP contribution in [0.4, 0.5) is 4.39 Å². The highest BCUT2D eigenvalue weighted by Gasteiger charge is 2.38. The maximum atomic E-state index is 13.2. The largest absolute Gasteiger partial charge is 0.333 e. The van der Waals surface area contributed by atoms with Gasteiger partial charge in [0.2, 0.25) is 0 Å². The molecule has 2 aromatic carbocycles. The average molecular weight is 401 g/mol. The Kier molecular flexibility index (Phi) is 4.21. The standard InChI is InChI=1S/C20H18BrFN2O/c21-17-4-1-3-16-18(25)9-12-24(19(16)17)13-23-20(10-2-11-20)14-5-7-15(22)8-6-14/h1,3-9,12,23H,2,10-11,13H2. The van der Waals surface area contributed by atoms with Gasteiger partial charge in [0.1, 0.15) is 5.82 Å². The van der Waals surface area contributed by atoms with Gasteiger partial charge in [-0.2, -0.15) is 0 Å². The predicted molar refractivity (Wildman–Crippen MR) is 101 cm³/mol. The van der Waals surface area contributed by atoms with Crippen molar-refractivity contribution in [1.82, 2.24) is 9.88 Å². The van der Waals surface area contributed by atoms with E-state index in [1.54, 1.807) is 6.07 Å². The van der Waals surface area contributed by atoms with E-state index in [0.29, 0.717) is 12.1 Å². The third-order valence-corrected chi connectivity index (χ3v) is 5.78. The van der Waals surface area contributed by atoms with E-state index in [1.807, 2.05) is 41.1 Å². The molecule has 1 fully saturated rings. The van der Waals surface area contributed by atoms with Crippen LogP contribution >= 0.6 is 15.9 Å². The highest BCUT2D eigenvalue weighted by Crippen LogP contribution is 2.41. The van der Waals surface area contributed by atoms with Crippen molar-refractivity contribution in [3.8, 4) is 0 Å². The lowest BCUT2D eigenvalue weighted by atomic mass is 9.72. The second kappa shape index (κ2) is 6.39. The molecule has 3 nitrogen and oxygen atoms in total. The highest BCUT2D eigenvalue weighted by molar-refractivity contribution is 9.10. The first kappa shape index (κ1) is 16.5. The van der Waals surface area contributed by atoms with Crippen molar-refractivity contribution in [2.75, 3.05) is 0 Å². The van der Waals surface area contributed by atoms with E-state index in [1.165, 1.54) is 12.1 Å². The number of benzene rings is 2. The number of pyridine rings is 1. The van der Waals surface area contributed by atoms with E-state index in [2.05, 4.69) is 21.2 Å². The van der Waals surface area contributed by atoms with E-state index in [0.717, 1.165) is 34.8 Å². The maximum absolute atomic E-state index is 13.2. The van der Waals surface area contributed by atoms with E-state index in [9.17, 15) is 9.18 Å². The Morgan fingerprint density at radius 1 is 1.12 bits per heavy atom. The van der Waals surface area contributed by atoms with E-state index >= 15 is 0 Å². The van der Waals surface area contributed by atoms with Crippen molar-refractivity contribution >= 4 is 26.8 Å². The number of nitrogens with zero attached hydrogens (tertiary/aromatic N) is 1. The van der Waals surface area contributed by atoms with Gasteiger partial charge in [0, 0.05) is 27.7 Å². The summed E-state index contributed by atoms with van der Waals surface area (Å²) in [5.41, 5.74) is 1.90. The normalized spacial score (nSPS) is 15.9. The third-order valence-electron chi connectivity index (χ3n) is 5.14. The summed E-state index contributed by atoms with van der Waals surface area (Å²) < 4.78 is 16.2. The monoisotopic (exact) mass is 400 g/mol. The average Bonchev–Trinajstić information content (AvgIpc) is 2.57. The Morgan fingerprint density at radius 3 is 2.56 bits per heavy atom. The quantitative estimate of drug-likeness (QED) is 0.697. The van der Waals surface area contributed by atoms with Gasteiger partial charge in [-0.1, -0.05) is 18.2 Å². The van der Waals surface area contributed by atoms with E-state index in [-0.39, 0.29) is 16.8 Å². The number of nitrogens with one attached hydrogen (secondary N) is 1. The fraction of sp³-hybridized carbons (Fsp3) is 0.250. The molecule has 0 unspecified atom stereocenters. The Morgan fingerprint density at radius 2 is 1.88 bits per heavy atom. The van der Waals surface area contributed by atoms with Crippen LogP contribution in [0.25, 0.3) is 10.9 Å². The number of halogens is 2. The SMILES string of the molecule is O=c1ccn(CNC2(c3ccc(F)cc3)CCC2)c2c(Br)cccc12. The topological polar surface area (TPSA) is 34.0 Å². The molecule has 0 saturated heterocycles. The van der Waals surface area contributed by atoms with Crippen LogP contribution in [0.1, 0.15) is 24.8 Å². The van der Waals surface area contributed by atoms with Crippen molar-refractivity contribution in [2.45, 2.75) is 31.5 Å². The number of aromatic nitrogens is 1. The van der Waals surface area contributed by atoms with Crippen LogP contribution < -0.4 is 10.7 Å². The van der Waals surface area contributed by atoms with Crippen LogP contribution in [0.15, 0.2) is 64.0 Å². The van der Waals surface area contributed by atoms with Gasteiger partial charge in [-0.3, -0.25) is 10.1 Å². The molecule has 3 aromatic rings. The first-order chi connectivity index (χ1) is 12.1. The molecule has 0 atom stereocenters. The molecule has 1 aliphatic carbocycles. The summed E-state index contributed by atoms with van der Waals surface area (Å²) in [6, 6.07) is 14.0. The molecule has 1 aliphatic rings. The minimum atomic E-state index is -0.214. The summed E-state index contributed by atoms with van der Waals surface area (Å²) in [7, 11) is 0. The number of hydrogen-bond acceptors (Lipinski definition) is 2. The minimum Gasteiger partial charge on any atom is -0.333 e. The van der Waals surface area contributed by atoms with Gasteiger partial charge in [-0.05, 0) is 65.0 Å². The van der Waals surface area contributed by atoms with Crippen LogP contribution in [0.3, 0.4) is 0 Å². The zero-order chi connectivity index (χ0) is 17.4. The van der Waals surface area contributed by atoms with Crippen molar-refractivity contribution < 1.29 is 4.39 Å². The number of para-hydroxylation sites is 1. The summed E-state index contributed by atoms with van der Waals surface area (Å²) >= 11 is 3.56. The van der Waals surface area contributed by atoms with Crippen molar-refractivity contribution in [1.29, 1.82) is 0 Å². The molecule has 0 bridgehead atoms. The summed E-state index contributed by atoms with van der Waals surface area (Å²) in [5.74, 6) is -0.214. The second-order valence-electron chi connectivity index (χ2n) is 6.56. The van der Waals surface area contributed by atoms with Gasteiger partial charge >= 0.3 is 0 Å². The van der Waals surface area contributed by atoms with Gasteiger partial charge in [0.15, 0.2) is 5.43 Å². The van der Waals surface area contributed by atoms with Gasteiger partial charge in [-0.25, -0.2) is 4.39 Å². The molecule has 4 rings (SSSR count). The smallest absolute Gasteiger partial charge is 0.189 e. The Labute approximate surface area is 153 Å². The third kappa shape index (κ3) is 2.92. The highest BCUT2D eigenvalue weighted by atomic mass is 79.9. The van der Waals surface area contributed by atoms with Gasteiger partial charge < -0.3 is 4.57 Å². The van der Waals surface area contributed by atoms with Crippen LogP contribution in [-0.4, -0.2) is 4.57 Å². The Bertz CT molecular complexity index is 977. The number of fused-ring (bicyclic) bond motifs is 1. The molecule has 1 N–H and O–H groups in total. The Hall–Kier alpha value is -1.98. The molecule has 1 saturated carbocycles. The molecular formula is C20H18BrFN2O. The first-order valence-corrected chi connectivity index (χ1v) is 9.17. The zero-order valence-corrected chi connectivity index (χ0v) is 15.2. The van der Waals surface area contributed by atoms with E-state index < -0.39 is 0 Å². The molecule has 5 heteroatoms. The Balaban J connectivity index is 1.67. The maximum Gasteiger partial charge on any atom is 0.189 e. The molecule has 1 heterocycles. The molecule has 25 heavy (non-hydrogen) atoms. The summed E-state index contributed by atoms with van der Waals surface area (Å²) in [5, 5.41) is 4.34. The van der Waals surface area contributed by atoms with Crippen LogP contribution in [0.5, 0.6) is 0 Å². The fourth-order valence-electron chi connectivity index (χ4n) is 3.56. The van der Waals surface area contributed by atoms with Gasteiger partial charge in [0.25, 0.3) is 0 Å². The lowest BCUT2D eigenvalue weighted by Gasteiger charge is -2.43. The van der Waals surface area contributed by atoms with Crippen molar-refractivity contribution in [2.24, 2.45) is 0 Å². The van der Waals surface area contributed by atoms with Crippen LogP contribution in [0, 0.1) is 5.82 Å². The summed E-state index contributed by atoms with van der Waals surface area (Å²) in [6.07, 6.45) is 5.02. The lowest BCUT2D eigenvalue weighted by Crippen LogP contribution is -2.48. The molecule has 0 spiro atoms. The first-order valence-electron chi connectivity index (χ1n) is 8.38. The molecule has 0 amide bonds. The van der Waals surface area contributed by atoms with Crippen LogP contribution in [-0.2, 0) is 12.2 Å². The van der Waals surface area contributed by atoms with Crippen molar-refractivity contribution in [3.05, 3.63) is 80.8 Å². The predicted octanol–water partition coefficient (Wildman–Crippen LogP) is 4.53. The lowest BCUT2D eigenvalue weighted by molar-refractivity contribution is 0.171. The van der Waals surface area contributed by atoms with E-state index in [4.69, 9.17) is 0 Å². The molecule has 0 radical (unpaired) electrons.